The summed E-state index contributed by atoms with van der Waals surface area (Å²) in [6.07, 6.45) is -4.48. The Morgan fingerprint density at radius 3 is 2.02 bits per heavy atom. The number of piperidine rings is 1. The van der Waals surface area contributed by atoms with Gasteiger partial charge in [-0.1, -0.05) is 54.6 Å². The minimum atomic E-state index is -4.88. The van der Waals surface area contributed by atoms with Gasteiger partial charge in [0.25, 0.3) is 0 Å². The molecule has 0 aromatic heterocycles. The van der Waals surface area contributed by atoms with Gasteiger partial charge in [0.05, 0.1) is 23.1 Å². The number of aliphatic hydroxyl groups is 1. The molecule has 0 bridgehead atoms. The fraction of sp³-hybridized carbons (Fsp3) is 0.265. The quantitative estimate of drug-likeness (QED) is 0.230. The molecule has 6 rings (SSSR count). The lowest BCUT2D eigenvalue weighted by atomic mass is 9.94. The number of nitrogens with one attached hydrogen (secondary N) is 2. The maximum atomic E-state index is 14.3. The highest BCUT2D eigenvalue weighted by Crippen LogP contribution is 2.40. The van der Waals surface area contributed by atoms with Crippen molar-refractivity contribution in [2.24, 2.45) is 4.36 Å². The second kappa shape index (κ2) is 13.3. The predicted molar refractivity (Wildman–Crippen MR) is 174 cm³/mol. The number of urea groups is 1. The molecule has 2 aliphatic heterocycles. The third kappa shape index (κ3) is 7.07. The lowest BCUT2D eigenvalue weighted by Gasteiger charge is -2.47. The minimum Gasteiger partial charge on any atom is -0.406 e. The van der Waals surface area contributed by atoms with Crippen LogP contribution in [0, 0.1) is 0 Å². The van der Waals surface area contributed by atoms with E-state index in [9.17, 15) is 27.3 Å². The molecular weight excluding hydrogens is 631 g/mol. The largest absolute Gasteiger partial charge is 0.573 e. The molecule has 2 aliphatic rings. The molecule has 2 amide bonds. The molecule has 3 N–H and O–H groups in total. The van der Waals surface area contributed by atoms with Crippen molar-refractivity contribution in [3.63, 3.8) is 0 Å². The van der Waals surface area contributed by atoms with E-state index >= 15 is 0 Å². The monoisotopic (exact) mass is 665 g/mol. The third-order valence-electron chi connectivity index (χ3n) is 8.39. The van der Waals surface area contributed by atoms with E-state index in [-0.39, 0.29) is 18.0 Å². The number of anilines is 3. The Morgan fingerprint density at radius 2 is 1.45 bits per heavy atom. The lowest BCUT2D eigenvalue weighted by molar-refractivity contribution is -0.274. The van der Waals surface area contributed by atoms with Crippen molar-refractivity contribution in [1.82, 2.24) is 9.62 Å². The summed E-state index contributed by atoms with van der Waals surface area (Å²) in [7, 11) is -2.16. The van der Waals surface area contributed by atoms with Gasteiger partial charge in [0.1, 0.15) is 15.7 Å². The summed E-state index contributed by atoms with van der Waals surface area (Å²) in [6.45, 7) is 0.101. The van der Waals surface area contributed by atoms with Gasteiger partial charge in [-0.25, -0.2) is 18.1 Å². The molecule has 0 aliphatic carbocycles. The third-order valence-corrected chi connectivity index (χ3v) is 10.4. The Morgan fingerprint density at radius 1 is 0.872 bits per heavy atom. The number of nitrogens with zero attached hydrogens (tertiary/aromatic N) is 3. The van der Waals surface area contributed by atoms with Crippen LogP contribution in [0.4, 0.5) is 35.0 Å². The van der Waals surface area contributed by atoms with Crippen LogP contribution in [0.2, 0.25) is 0 Å². The molecule has 4 unspecified atom stereocenters. The first kappa shape index (κ1) is 32.4. The van der Waals surface area contributed by atoms with E-state index in [1.54, 1.807) is 29.2 Å². The number of likely N-dealkylation sites (tertiary alicyclic amines) is 1. The standard InChI is InChI=1S/C34H34F3N5O4S/c1-38-47(45,27-19-17-26(18-20-27)46-34(35,36)37)40-28-21-41(33(44)39-25-11-3-2-4-12-25)22-31(32(28)43)42-29-13-7-5-9-23(29)15-16-24-10-6-8-14-30(24)42/h2-14,17-20,28,31-32,43H,15-16,21-22H2,1H3,(H,39,44)(H,38,40,45). The van der Waals surface area contributed by atoms with E-state index in [4.69, 9.17) is 0 Å². The van der Waals surface area contributed by atoms with Gasteiger partial charge in [-0.3, -0.25) is 0 Å². The van der Waals surface area contributed by atoms with Crippen molar-refractivity contribution in [3.8, 4) is 5.75 Å². The van der Waals surface area contributed by atoms with Gasteiger partial charge in [-0.05, 0) is 72.5 Å². The molecule has 13 heteroatoms. The summed E-state index contributed by atoms with van der Waals surface area (Å²) < 4.78 is 63.6. The van der Waals surface area contributed by atoms with Crippen LogP contribution in [-0.4, -0.2) is 64.9 Å². The van der Waals surface area contributed by atoms with Crippen LogP contribution in [0.5, 0.6) is 5.75 Å². The second-order valence-electron chi connectivity index (χ2n) is 11.3. The summed E-state index contributed by atoms with van der Waals surface area (Å²) in [5, 5.41) is 15.0. The molecule has 1 saturated heterocycles. The van der Waals surface area contributed by atoms with Gasteiger partial charge >= 0.3 is 12.4 Å². The number of aliphatic hydroxyl groups excluding tert-OH is 1. The van der Waals surface area contributed by atoms with Crippen LogP contribution in [-0.2, 0) is 22.8 Å². The molecule has 1 fully saturated rings. The molecule has 9 nitrogen and oxygen atoms in total. The fourth-order valence-electron chi connectivity index (χ4n) is 6.18. The minimum absolute atomic E-state index is 0.0325. The van der Waals surface area contributed by atoms with E-state index < -0.39 is 46.2 Å². The predicted octanol–water partition coefficient (Wildman–Crippen LogP) is 6.13. The number of fused-ring (bicyclic) bond motifs is 2. The van der Waals surface area contributed by atoms with Crippen molar-refractivity contribution in [1.29, 1.82) is 0 Å². The first-order valence-electron chi connectivity index (χ1n) is 15.1. The van der Waals surface area contributed by atoms with Gasteiger partial charge in [0, 0.05) is 37.2 Å². The molecule has 0 spiro atoms. The first-order valence-corrected chi connectivity index (χ1v) is 16.6. The number of halogens is 3. The maximum absolute atomic E-state index is 14.3. The highest BCUT2D eigenvalue weighted by molar-refractivity contribution is 7.91. The van der Waals surface area contributed by atoms with E-state index in [1.807, 2.05) is 54.6 Å². The van der Waals surface area contributed by atoms with Gasteiger partial charge in [-0.2, -0.15) is 0 Å². The Bertz CT molecular complexity index is 1800. The molecule has 4 atom stereocenters. The Balaban J connectivity index is 1.38. The van der Waals surface area contributed by atoms with Gasteiger partial charge in [0.15, 0.2) is 0 Å². The smallest absolute Gasteiger partial charge is 0.406 e. The van der Waals surface area contributed by atoms with E-state index in [0.717, 1.165) is 47.5 Å². The number of rotatable bonds is 6. The Labute approximate surface area is 271 Å². The topological polar surface area (TPSA) is 106 Å². The molecule has 0 saturated carbocycles. The number of para-hydroxylation sites is 3. The summed E-state index contributed by atoms with van der Waals surface area (Å²) in [5.74, 6) is -0.473. The molecular formula is C34H34F3N5O4S. The van der Waals surface area contributed by atoms with Gasteiger partial charge in [-0.15, -0.1) is 13.2 Å². The number of alkyl halides is 3. The summed E-state index contributed by atoms with van der Waals surface area (Å²) in [5.41, 5.74) is 4.54. The number of aryl methyl sites for hydroxylation is 2. The van der Waals surface area contributed by atoms with Crippen LogP contribution in [0.25, 0.3) is 0 Å². The van der Waals surface area contributed by atoms with Crippen LogP contribution in [0.1, 0.15) is 11.1 Å². The number of benzene rings is 4. The van der Waals surface area contributed by atoms with Crippen molar-refractivity contribution >= 4 is 33.0 Å². The van der Waals surface area contributed by atoms with Crippen LogP contribution in [0.15, 0.2) is 112 Å². The highest BCUT2D eigenvalue weighted by atomic mass is 32.2. The van der Waals surface area contributed by atoms with Gasteiger partial charge < -0.3 is 25.0 Å². The van der Waals surface area contributed by atoms with Crippen molar-refractivity contribution < 1.29 is 32.0 Å². The Kier molecular flexibility index (Phi) is 9.13. The van der Waals surface area contributed by atoms with Crippen LogP contribution >= 0.6 is 0 Å². The van der Waals surface area contributed by atoms with Crippen LogP contribution < -0.4 is 19.7 Å². The number of carbonyl (C=O) groups excluding carboxylic acids is 1. The summed E-state index contributed by atoms with van der Waals surface area (Å²) >= 11 is 0. The molecule has 246 valence electrons. The maximum Gasteiger partial charge on any atom is 0.573 e. The highest BCUT2D eigenvalue weighted by Gasteiger charge is 2.44. The Hall–Kier alpha value is -4.59. The SMILES string of the molecule is CN=S(=O)(NC1CN(C(=O)Nc2ccccc2)CC(N2c3ccccc3CCc3ccccc32)C1O)c1ccc(OC(F)(F)F)cc1. The van der Waals surface area contributed by atoms with E-state index in [2.05, 4.69) is 24.0 Å². The number of hydrogen-bond donors (Lipinski definition) is 3. The number of hydrogen-bond acceptors (Lipinski definition) is 6. The number of amides is 2. The van der Waals surface area contributed by atoms with Crippen molar-refractivity contribution in [3.05, 3.63) is 114 Å². The van der Waals surface area contributed by atoms with Crippen molar-refractivity contribution in [2.75, 3.05) is 30.4 Å². The van der Waals surface area contributed by atoms with Crippen molar-refractivity contribution in [2.45, 2.75) is 42.3 Å². The van der Waals surface area contributed by atoms with Gasteiger partial charge in [0.2, 0.25) is 0 Å². The average Bonchev–Trinajstić information content (AvgIpc) is 3.23. The van der Waals surface area contributed by atoms with E-state index in [1.165, 1.54) is 19.2 Å². The first-order chi connectivity index (χ1) is 22.5. The molecule has 4 aromatic rings. The zero-order chi connectivity index (χ0) is 33.2. The fourth-order valence-corrected chi connectivity index (χ4v) is 7.76. The average molecular weight is 666 g/mol. The molecule has 47 heavy (non-hydrogen) atoms. The van der Waals surface area contributed by atoms with E-state index in [0.29, 0.717) is 5.69 Å². The number of ether oxygens (including phenoxy) is 1. The summed E-state index contributed by atoms with van der Waals surface area (Å²) in [4.78, 5) is 17.5. The van der Waals surface area contributed by atoms with Crippen LogP contribution in [0.3, 0.4) is 0 Å². The lowest BCUT2D eigenvalue weighted by Crippen LogP contribution is -2.66. The molecule has 4 aromatic carbocycles. The molecule has 2 heterocycles. The zero-order valence-corrected chi connectivity index (χ0v) is 26.2. The normalized spacial score (nSPS) is 20.7. The number of carbonyl (C=O) groups is 1. The zero-order valence-electron chi connectivity index (χ0n) is 25.4. The second-order valence-corrected chi connectivity index (χ2v) is 13.5. The summed E-state index contributed by atoms with van der Waals surface area (Å²) in [6, 6.07) is 27.4. The molecule has 0 radical (unpaired) electrons.